The van der Waals surface area contributed by atoms with Crippen LogP contribution in [0.1, 0.15) is 51.2 Å². The highest BCUT2D eigenvalue weighted by molar-refractivity contribution is 7.87. The standard InChI is InChI=1S/C23H31NO4S/c1-5-22(20-10-8-7-9-11-20)23(25)24(16-18(3)4)17-19-12-14-21(15-13-19)28-29(26,27)6-2/h7-15,18,22H,5-6,16-17H2,1-4H3/t22-/m1/s1. The molecule has 1 amide bonds. The van der Waals surface area contributed by atoms with Crippen molar-refractivity contribution < 1.29 is 17.4 Å². The summed E-state index contributed by atoms with van der Waals surface area (Å²) in [5.41, 5.74) is 1.96. The van der Waals surface area contributed by atoms with E-state index in [1.54, 1.807) is 12.1 Å². The van der Waals surface area contributed by atoms with Crippen LogP contribution in [0.3, 0.4) is 0 Å². The zero-order chi connectivity index (χ0) is 21.4. The van der Waals surface area contributed by atoms with Gasteiger partial charge in [0.1, 0.15) is 5.75 Å². The zero-order valence-electron chi connectivity index (χ0n) is 17.7. The summed E-state index contributed by atoms with van der Waals surface area (Å²) in [6, 6.07) is 16.8. The maximum atomic E-state index is 13.3. The number of benzene rings is 2. The molecule has 0 spiro atoms. The molecule has 2 rings (SSSR count). The minimum Gasteiger partial charge on any atom is -0.382 e. The Morgan fingerprint density at radius 2 is 1.62 bits per heavy atom. The maximum absolute atomic E-state index is 13.3. The Hall–Kier alpha value is -2.34. The monoisotopic (exact) mass is 417 g/mol. The summed E-state index contributed by atoms with van der Waals surface area (Å²) in [5.74, 6) is 0.481. The van der Waals surface area contributed by atoms with Gasteiger partial charge in [-0.05, 0) is 42.5 Å². The highest BCUT2D eigenvalue weighted by Crippen LogP contribution is 2.24. The van der Waals surface area contributed by atoms with Gasteiger partial charge in [0.25, 0.3) is 0 Å². The molecule has 0 saturated carbocycles. The van der Waals surface area contributed by atoms with Crippen molar-refractivity contribution in [3.05, 3.63) is 65.7 Å². The second-order valence-electron chi connectivity index (χ2n) is 7.56. The van der Waals surface area contributed by atoms with Crippen LogP contribution in [-0.2, 0) is 21.5 Å². The van der Waals surface area contributed by atoms with Crippen molar-refractivity contribution >= 4 is 16.0 Å². The van der Waals surface area contributed by atoms with Gasteiger partial charge in [-0.15, -0.1) is 0 Å². The third kappa shape index (κ3) is 6.89. The molecule has 0 bridgehead atoms. The molecule has 5 nitrogen and oxygen atoms in total. The van der Waals surface area contributed by atoms with Crippen molar-refractivity contribution in [3.8, 4) is 5.75 Å². The van der Waals surface area contributed by atoms with E-state index in [1.807, 2.05) is 54.3 Å². The Balaban J connectivity index is 2.19. The number of rotatable bonds is 10. The molecule has 0 saturated heterocycles. The van der Waals surface area contributed by atoms with Crippen LogP contribution in [0.25, 0.3) is 0 Å². The van der Waals surface area contributed by atoms with Gasteiger partial charge in [0, 0.05) is 13.1 Å². The zero-order valence-corrected chi connectivity index (χ0v) is 18.5. The van der Waals surface area contributed by atoms with Crippen LogP contribution < -0.4 is 4.18 Å². The Labute approximate surface area is 174 Å². The van der Waals surface area contributed by atoms with E-state index in [4.69, 9.17) is 4.18 Å². The molecule has 29 heavy (non-hydrogen) atoms. The number of carbonyl (C=O) groups excluding carboxylic acids is 1. The van der Waals surface area contributed by atoms with E-state index in [2.05, 4.69) is 13.8 Å². The van der Waals surface area contributed by atoms with Gasteiger partial charge in [-0.3, -0.25) is 4.79 Å². The number of carbonyl (C=O) groups is 1. The molecule has 0 aliphatic heterocycles. The van der Waals surface area contributed by atoms with Crippen LogP contribution in [-0.4, -0.2) is 31.5 Å². The molecule has 158 valence electrons. The van der Waals surface area contributed by atoms with Crippen LogP contribution in [0, 0.1) is 5.92 Å². The average molecular weight is 418 g/mol. The fourth-order valence-electron chi connectivity index (χ4n) is 3.21. The summed E-state index contributed by atoms with van der Waals surface area (Å²) >= 11 is 0. The SMILES string of the molecule is CC[C@@H](C(=O)N(Cc1ccc(OS(=O)(=O)CC)cc1)CC(C)C)c1ccccc1. The minimum absolute atomic E-state index is 0.0800. The minimum atomic E-state index is -3.55. The summed E-state index contributed by atoms with van der Waals surface area (Å²) in [4.78, 5) is 15.2. The first-order valence-corrected chi connectivity index (χ1v) is 11.7. The Kier molecular flexibility index (Phi) is 8.26. The van der Waals surface area contributed by atoms with Crippen LogP contribution in [0.2, 0.25) is 0 Å². The molecule has 6 heteroatoms. The number of hydrogen-bond acceptors (Lipinski definition) is 4. The van der Waals surface area contributed by atoms with Gasteiger partial charge in [-0.25, -0.2) is 0 Å². The molecule has 0 aliphatic carbocycles. The smallest absolute Gasteiger partial charge is 0.308 e. The molecule has 0 radical (unpaired) electrons. The molecule has 0 N–H and O–H groups in total. The Bertz CT molecular complexity index is 877. The van der Waals surface area contributed by atoms with Gasteiger partial charge in [0.2, 0.25) is 5.91 Å². The van der Waals surface area contributed by atoms with E-state index in [0.717, 1.165) is 17.5 Å². The predicted octanol–water partition coefficient (Wildman–Crippen LogP) is 4.59. The lowest BCUT2D eigenvalue weighted by molar-refractivity contribution is -0.134. The maximum Gasteiger partial charge on any atom is 0.308 e. The van der Waals surface area contributed by atoms with Gasteiger partial charge in [-0.1, -0.05) is 63.2 Å². The molecular weight excluding hydrogens is 386 g/mol. The highest BCUT2D eigenvalue weighted by Gasteiger charge is 2.25. The predicted molar refractivity (Wildman–Crippen MR) is 116 cm³/mol. The Morgan fingerprint density at radius 1 is 1.00 bits per heavy atom. The van der Waals surface area contributed by atoms with Crippen LogP contribution in [0.4, 0.5) is 0 Å². The van der Waals surface area contributed by atoms with Crippen molar-refractivity contribution in [2.24, 2.45) is 5.92 Å². The normalized spacial score (nSPS) is 12.6. The van der Waals surface area contributed by atoms with E-state index < -0.39 is 10.1 Å². The topological polar surface area (TPSA) is 63.7 Å². The van der Waals surface area contributed by atoms with Crippen molar-refractivity contribution in [1.82, 2.24) is 4.90 Å². The molecule has 2 aromatic carbocycles. The lowest BCUT2D eigenvalue weighted by Crippen LogP contribution is -2.37. The number of hydrogen-bond donors (Lipinski definition) is 0. The van der Waals surface area contributed by atoms with Gasteiger partial charge < -0.3 is 9.08 Å². The fourth-order valence-corrected chi connectivity index (χ4v) is 3.73. The van der Waals surface area contributed by atoms with E-state index in [1.165, 1.54) is 6.92 Å². The van der Waals surface area contributed by atoms with Crippen LogP contribution >= 0.6 is 0 Å². The third-order valence-corrected chi connectivity index (χ3v) is 5.83. The molecule has 0 unspecified atom stereocenters. The molecule has 2 aromatic rings. The summed E-state index contributed by atoms with van der Waals surface area (Å²) in [6.07, 6.45) is 0.735. The summed E-state index contributed by atoms with van der Waals surface area (Å²) in [6.45, 7) is 8.89. The van der Waals surface area contributed by atoms with Crippen molar-refractivity contribution in [2.45, 2.75) is 46.6 Å². The summed E-state index contributed by atoms with van der Waals surface area (Å²) < 4.78 is 28.2. The second-order valence-corrected chi connectivity index (χ2v) is 9.42. The van der Waals surface area contributed by atoms with Gasteiger partial charge >= 0.3 is 10.1 Å². The second kappa shape index (κ2) is 10.4. The fraction of sp³-hybridized carbons (Fsp3) is 0.435. The number of nitrogens with zero attached hydrogens (tertiary/aromatic N) is 1. The molecular formula is C23H31NO4S. The highest BCUT2D eigenvalue weighted by atomic mass is 32.2. The van der Waals surface area contributed by atoms with E-state index in [-0.39, 0.29) is 23.3 Å². The quantitative estimate of drug-likeness (QED) is 0.530. The van der Waals surface area contributed by atoms with E-state index in [0.29, 0.717) is 19.0 Å². The van der Waals surface area contributed by atoms with Gasteiger partial charge in [0.05, 0.1) is 11.7 Å². The van der Waals surface area contributed by atoms with Crippen molar-refractivity contribution in [1.29, 1.82) is 0 Å². The van der Waals surface area contributed by atoms with E-state index in [9.17, 15) is 13.2 Å². The third-order valence-electron chi connectivity index (χ3n) is 4.68. The van der Waals surface area contributed by atoms with E-state index >= 15 is 0 Å². The first-order chi connectivity index (χ1) is 13.8. The van der Waals surface area contributed by atoms with Gasteiger partial charge in [0.15, 0.2) is 0 Å². The van der Waals surface area contributed by atoms with Crippen molar-refractivity contribution in [3.63, 3.8) is 0 Å². The van der Waals surface area contributed by atoms with Crippen LogP contribution in [0.15, 0.2) is 54.6 Å². The molecule has 0 aromatic heterocycles. The lowest BCUT2D eigenvalue weighted by Gasteiger charge is -2.29. The lowest BCUT2D eigenvalue weighted by atomic mass is 9.94. The summed E-state index contributed by atoms with van der Waals surface area (Å²) in [5, 5.41) is 0. The van der Waals surface area contributed by atoms with Crippen molar-refractivity contribution in [2.75, 3.05) is 12.3 Å². The van der Waals surface area contributed by atoms with Gasteiger partial charge in [-0.2, -0.15) is 8.42 Å². The molecule has 0 fully saturated rings. The first kappa shape index (κ1) is 22.9. The molecule has 0 heterocycles. The summed E-state index contributed by atoms with van der Waals surface area (Å²) in [7, 11) is -3.55. The average Bonchev–Trinajstić information content (AvgIpc) is 2.69. The number of amides is 1. The molecule has 0 aliphatic rings. The first-order valence-electron chi connectivity index (χ1n) is 10.1. The molecule has 1 atom stereocenters. The largest absolute Gasteiger partial charge is 0.382 e. The van der Waals surface area contributed by atoms with Crippen LogP contribution in [0.5, 0.6) is 5.75 Å². The Morgan fingerprint density at radius 3 is 2.14 bits per heavy atom.